The summed E-state index contributed by atoms with van der Waals surface area (Å²) in [6.45, 7) is 4.09. The Morgan fingerprint density at radius 3 is 2.52 bits per heavy atom. The molecule has 1 atom stereocenters. The van der Waals surface area contributed by atoms with Crippen molar-refractivity contribution in [1.82, 2.24) is 10.6 Å². The number of carbonyl (C=O) groups excluding carboxylic acids is 4. The highest BCUT2D eigenvalue weighted by molar-refractivity contribution is 5.95. The summed E-state index contributed by atoms with van der Waals surface area (Å²) in [6.07, 6.45) is 0.721. The van der Waals surface area contributed by atoms with Gasteiger partial charge in [-0.2, -0.15) is 0 Å². The van der Waals surface area contributed by atoms with Gasteiger partial charge in [0.25, 0.3) is 5.91 Å². The van der Waals surface area contributed by atoms with E-state index in [9.17, 15) is 19.2 Å². The van der Waals surface area contributed by atoms with Gasteiger partial charge < -0.3 is 14.8 Å². The van der Waals surface area contributed by atoms with Crippen molar-refractivity contribution in [3.63, 3.8) is 0 Å². The number of imide groups is 1. The fraction of sp³-hybridized carbons (Fsp3) is 0.412. The second-order valence-corrected chi connectivity index (χ2v) is 5.36. The molecule has 2 N–H and O–H groups in total. The molecule has 0 aliphatic carbocycles. The largest absolute Gasteiger partial charge is 0.482 e. The zero-order chi connectivity index (χ0) is 18.8. The first-order valence-electron chi connectivity index (χ1n) is 7.81. The van der Waals surface area contributed by atoms with Crippen LogP contribution in [0.25, 0.3) is 0 Å². The summed E-state index contributed by atoms with van der Waals surface area (Å²) in [5.41, 5.74) is 0.456. The summed E-state index contributed by atoms with van der Waals surface area (Å²) < 4.78 is 9.91. The van der Waals surface area contributed by atoms with Gasteiger partial charge in [0.15, 0.2) is 19.0 Å². The molecule has 0 aromatic heterocycles. The van der Waals surface area contributed by atoms with Crippen LogP contribution in [0.3, 0.4) is 0 Å². The molecule has 25 heavy (non-hydrogen) atoms. The number of nitrogens with one attached hydrogen (secondary N) is 2. The highest BCUT2D eigenvalue weighted by Gasteiger charge is 2.13. The van der Waals surface area contributed by atoms with Crippen molar-refractivity contribution in [3.8, 4) is 5.75 Å². The Kier molecular flexibility index (Phi) is 8.11. The molecule has 0 aliphatic rings. The smallest absolute Gasteiger partial charge is 0.344 e. The Labute approximate surface area is 145 Å². The molecule has 0 bridgehead atoms. The molecule has 0 heterocycles. The fourth-order valence-electron chi connectivity index (χ4n) is 1.66. The van der Waals surface area contributed by atoms with Crippen LogP contribution >= 0.6 is 0 Å². The van der Waals surface area contributed by atoms with Crippen molar-refractivity contribution >= 4 is 23.7 Å². The third kappa shape index (κ3) is 7.96. The Bertz CT molecular complexity index is 644. The molecule has 0 radical (unpaired) electrons. The number of benzene rings is 1. The van der Waals surface area contributed by atoms with Gasteiger partial charge in [0, 0.05) is 11.6 Å². The average molecular weight is 350 g/mol. The van der Waals surface area contributed by atoms with Gasteiger partial charge in [-0.1, -0.05) is 19.1 Å². The normalized spacial score (nSPS) is 11.2. The van der Waals surface area contributed by atoms with E-state index in [1.54, 1.807) is 25.1 Å². The minimum absolute atomic E-state index is 0.0745. The number of hydrogen-bond acceptors (Lipinski definition) is 6. The van der Waals surface area contributed by atoms with Gasteiger partial charge in [-0.3, -0.25) is 14.9 Å². The molecule has 0 saturated carbocycles. The first-order valence-corrected chi connectivity index (χ1v) is 7.81. The molecule has 1 aromatic carbocycles. The fourth-order valence-corrected chi connectivity index (χ4v) is 1.66. The monoisotopic (exact) mass is 350 g/mol. The molecular formula is C17H22N2O6. The maximum Gasteiger partial charge on any atom is 0.344 e. The van der Waals surface area contributed by atoms with Crippen LogP contribution in [0.2, 0.25) is 0 Å². The molecule has 0 spiro atoms. The summed E-state index contributed by atoms with van der Waals surface area (Å²) in [6, 6.07) is 5.62. The van der Waals surface area contributed by atoms with Crippen molar-refractivity contribution in [2.75, 3.05) is 13.2 Å². The van der Waals surface area contributed by atoms with Gasteiger partial charge in [0.1, 0.15) is 5.75 Å². The van der Waals surface area contributed by atoms with Crippen LogP contribution in [0.1, 0.15) is 37.6 Å². The molecule has 0 saturated heterocycles. The van der Waals surface area contributed by atoms with Crippen molar-refractivity contribution in [2.45, 2.75) is 33.2 Å². The number of amides is 3. The highest BCUT2D eigenvalue weighted by Crippen LogP contribution is 2.13. The lowest BCUT2D eigenvalue weighted by molar-refractivity contribution is -0.150. The van der Waals surface area contributed by atoms with Crippen LogP contribution < -0.4 is 15.4 Å². The van der Waals surface area contributed by atoms with Crippen LogP contribution in [0.5, 0.6) is 5.75 Å². The second-order valence-electron chi connectivity index (χ2n) is 5.36. The van der Waals surface area contributed by atoms with Crippen LogP contribution in [0.15, 0.2) is 24.3 Å². The first-order chi connectivity index (χ1) is 11.8. The van der Waals surface area contributed by atoms with E-state index in [4.69, 9.17) is 9.47 Å². The second kappa shape index (κ2) is 10.1. The zero-order valence-corrected chi connectivity index (χ0v) is 14.5. The topological polar surface area (TPSA) is 111 Å². The molecular weight excluding hydrogens is 328 g/mol. The van der Waals surface area contributed by atoms with E-state index < -0.39 is 31.1 Å². The highest BCUT2D eigenvalue weighted by atomic mass is 16.6. The Balaban J connectivity index is 2.33. The molecule has 0 unspecified atom stereocenters. The van der Waals surface area contributed by atoms with Crippen LogP contribution in [0, 0.1) is 0 Å². The Morgan fingerprint density at radius 1 is 1.16 bits per heavy atom. The van der Waals surface area contributed by atoms with Gasteiger partial charge in [-0.25, -0.2) is 9.59 Å². The predicted molar refractivity (Wildman–Crippen MR) is 89.3 cm³/mol. The Morgan fingerprint density at radius 2 is 1.88 bits per heavy atom. The first kappa shape index (κ1) is 20.1. The van der Waals surface area contributed by atoms with Crippen molar-refractivity contribution in [2.24, 2.45) is 0 Å². The number of hydrogen-bond donors (Lipinski definition) is 2. The number of ketones is 1. The lowest BCUT2D eigenvalue weighted by Gasteiger charge is -2.12. The van der Waals surface area contributed by atoms with Gasteiger partial charge in [0.2, 0.25) is 0 Å². The van der Waals surface area contributed by atoms with E-state index in [1.807, 2.05) is 12.2 Å². The number of urea groups is 1. The predicted octanol–water partition coefficient (Wildman–Crippen LogP) is 1.44. The summed E-state index contributed by atoms with van der Waals surface area (Å²) in [5.74, 6) is -1.30. The third-order valence-electron chi connectivity index (χ3n) is 3.20. The van der Waals surface area contributed by atoms with Crippen molar-refractivity contribution < 1.29 is 28.7 Å². The van der Waals surface area contributed by atoms with Gasteiger partial charge in [-0.05, 0) is 32.4 Å². The Hall–Kier alpha value is -2.90. The molecule has 1 aromatic rings. The maximum absolute atomic E-state index is 11.6. The zero-order valence-electron chi connectivity index (χ0n) is 14.5. The quantitative estimate of drug-likeness (QED) is 0.542. The van der Waals surface area contributed by atoms with Crippen LogP contribution in [0.4, 0.5) is 4.79 Å². The van der Waals surface area contributed by atoms with Crippen LogP contribution in [-0.2, 0) is 14.3 Å². The minimum atomic E-state index is -0.772. The standard InChI is InChI=1S/C17H22N2O6/c1-4-11(2)18-17(23)19-15(21)9-25-16(22)10-24-14-7-5-6-13(8-14)12(3)20/h5-8,11H,4,9-10H2,1-3H3,(H2,18,19,21,23)/t11-/m0/s1. The summed E-state index contributed by atoms with van der Waals surface area (Å²) >= 11 is 0. The van der Waals surface area contributed by atoms with Crippen molar-refractivity contribution in [1.29, 1.82) is 0 Å². The number of carbonyl (C=O) groups is 4. The van der Waals surface area contributed by atoms with Crippen molar-refractivity contribution in [3.05, 3.63) is 29.8 Å². The molecule has 136 valence electrons. The number of ether oxygens (including phenoxy) is 2. The molecule has 8 heteroatoms. The van der Waals surface area contributed by atoms with E-state index >= 15 is 0 Å². The molecule has 0 aliphatic heterocycles. The minimum Gasteiger partial charge on any atom is -0.482 e. The van der Waals surface area contributed by atoms with E-state index in [2.05, 4.69) is 5.32 Å². The average Bonchev–Trinajstić information content (AvgIpc) is 2.58. The van der Waals surface area contributed by atoms with Gasteiger partial charge in [-0.15, -0.1) is 0 Å². The lowest BCUT2D eigenvalue weighted by atomic mass is 10.1. The summed E-state index contributed by atoms with van der Waals surface area (Å²) in [7, 11) is 0. The van der Waals surface area contributed by atoms with E-state index in [-0.39, 0.29) is 11.8 Å². The number of rotatable bonds is 8. The van der Waals surface area contributed by atoms with Gasteiger partial charge >= 0.3 is 12.0 Å². The molecule has 1 rings (SSSR count). The number of esters is 1. The maximum atomic E-state index is 11.6. The lowest BCUT2D eigenvalue weighted by Crippen LogP contribution is -2.44. The third-order valence-corrected chi connectivity index (χ3v) is 3.20. The SMILES string of the molecule is CC[C@H](C)NC(=O)NC(=O)COC(=O)COc1cccc(C(C)=O)c1. The summed E-state index contributed by atoms with van der Waals surface area (Å²) in [5, 5.41) is 4.60. The number of Topliss-reactive ketones (excluding diaryl/α,β-unsaturated/α-hetero) is 1. The van der Waals surface area contributed by atoms with E-state index in [1.165, 1.54) is 13.0 Å². The van der Waals surface area contributed by atoms with Gasteiger partial charge in [0.05, 0.1) is 0 Å². The summed E-state index contributed by atoms with van der Waals surface area (Å²) in [4.78, 5) is 45.7. The van der Waals surface area contributed by atoms with E-state index in [0.717, 1.165) is 6.42 Å². The molecule has 0 fully saturated rings. The molecule has 8 nitrogen and oxygen atoms in total. The van der Waals surface area contributed by atoms with E-state index in [0.29, 0.717) is 11.3 Å². The van der Waals surface area contributed by atoms with Crippen LogP contribution in [-0.4, -0.2) is 42.9 Å². The molecule has 3 amide bonds.